The third kappa shape index (κ3) is 6.36. The number of carbonyl (C=O) groups excluding carboxylic acids is 2. The van der Waals surface area contributed by atoms with Crippen molar-refractivity contribution >= 4 is 11.8 Å². The van der Waals surface area contributed by atoms with Gasteiger partial charge in [0, 0.05) is 12.1 Å². The van der Waals surface area contributed by atoms with Gasteiger partial charge in [-0.15, -0.1) is 0 Å². The van der Waals surface area contributed by atoms with Crippen molar-refractivity contribution in [1.29, 1.82) is 0 Å². The lowest BCUT2D eigenvalue weighted by Gasteiger charge is -2.10. The van der Waals surface area contributed by atoms with Gasteiger partial charge in [-0.1, -0.05) is 24.3 Å². The maximum absolute atomic E-state index is 11.7. The molecule has 0 radical (unpaired) electrons. The fourth-order valence-electron chi connectivity index (χ4n) is 1.97. The molecule has 2 N–H and O–H groups in total. The van der Waals surface area contributed by atoms with E-state index in [0.29, 0.717) is 12.8 Å². The van der Waals surface area contributed by atoms with Crippen molar-refractivity contribution in [1.82, 2.24) is 10.6 Å². The Morgan fingerprint density at radius 1 is 0.900 bits per heavy atom. The van der Waals surface area contributed by atoms with E-state index < -0.39 is 0 Å². The second-order valence-corrected chi connectivity index (χ2v) is 5.62. The third-order valence-electron chi connectivity index (χ3n) is 2.62. The summed E-state index contributed by atoms with van der Waals surface area (Å²) >= 11 is 0. The zero-order chi connectivity index (χ0) is 15.1. The van der Waals surface area contributed by atoms with E-state index in [1.165, 1.54) is 0 Å². The van der Waals surface area contributed by atoms with Crippen LogP contribution in [0.3, 0.4) is 0 Å². The van der Waals surface area contributed by atoms with Crippen LogP contribution in [0.25, 0.3) is 0 Å². The second-order valence-electron chi connectivity index (χ2n) is 5.62. The lowest BCUT2D eigenvalue weighted by atomic mass is 10.0. The Bertz CT molecular complexity index is 428. The topological polar surface area (TPSA) is 58.2 Å². The summed E-state index contributed by atoms with van der Waals surface area (Å²) in [7, 11) is 0. The standard InChI is InChI=1S/C16H24N2O2/c1-11(2)17-15(19)9-13-6-5-7-14(8-13)10-16(20)18-12(3)4/h5-8,11-12H,9-10H2,1-4H3,(H,17,19)(H,18,20). The molecule has 1 aromatic carbocycles. The first kappa shape index (κ1) is 16.2. The summed E-state index contributed by atoms with van der Waals surface area (Å²) in [6, 6.07) is 7.90. The van der Waals surface area contributed by atoms with Crippen LogP contribution in [0.4, 0.5) is 0 Å². The number of hydrogen-bond acceptors (Lipinski definition) is 2. The zero-order valence-corrected chi connectivity index (χ0v) is 12.7. The van der Waals surface area contributed by atoms with E-state index in [1.807, 2.05) is 52.0 Å². The fourth-order valence-corrected chi connectivity index (χ4v) is 1.97. The number of rotatable bonds is 6. The smallest absolute Gasteiger partial charge is 0.224 e. The molecule has 4 heteroatoms. The van der Waals surface area contributed by atoms with E-state index in [2.05, 4.69) is 10.6 Å². The van der Waals surface area contributed by atoms with E-state index in [1.54, 1.807) is 0 Å². The molecule has 0 saturated carbocycles. The van der Waals surface area contributed by atoms with Crippen LogP contribution >= 0.6 is 0 Å². The van der Waals surface area contributed by atoms with Crippen LogP contribution in [0.15, 0.2) is 24.3 Å². The number of benzene rings is 1. The van der Waals surface area contributed by atoms with Crippen LogP contribution in [0, 0.1) is 0 Å². The summed E-state index contributed by atoms with van der Waals surface area (Å²) in [5.74, 6) is 0.00700. The molecule has 0 fully saturated rings. The Kier molecular flexibility index (Phi) is 6.22. The highest BCUT2D eigenvalue weighted by Crippen LogP contribution is 2.07. The molecule has 0 spiro atoms. The van der Waals surface area contributed by atoms with Crippen molar-refractivity contribution in [3.63, 3.8) is 0 Å². The van der Waals surface area contributed by atoms with E-state index in [9.17, 15) is 9.59 Å². The van der Waals surface area contributed by atoms with Crippen LogP contribution in [-0.2, 0) is 22.4 Å². The molecule has 0 saturated heterocycles. The molecule has 0 aliphatic carbocycles. The van der Waals surface area contributed by atoms with Crippen molar-refractivity contribution in [2.45, 2.75) is 52.6 Å². The third-order valence-corrected chi connectivity index (χ3v) is 2.62. The molecular weight excluding hydrogens is 252 g/mol. The van der Waals surface area contributed by atoms with Gasteiger partial charge in [-0.25, -0.2) is 0 Å². The summed E-state index contributed by atoms with van der Waals surface area (Å²) in [5.41, 5.74) is 1.86. The van der Waals surface area contributed by atoms with Crippen molar-refractivity contribution < 1.29 is 9.59 Å². The van der Waals surface area contributed by atoms with Gasteiger partial charge in [0.15, 0.2) is 0 Å². The maximum Gasteiger partial charge on any atom is 0.224 e. The average Bonchev–Trinajstić information content (AvgIpc) is 2.26. The van der Waals surface area contributed by atoms with Gasteiger partial charge < -0.3 is 10.6 Å². The van der Waals surface area contributed by atoms with E-state index in [-0.39, 0.29) is 23.9 Å². The lowest BCUT2D eigenvalue weighted by Crippen LogP contribution is -2.32. The largest absolute Gasteiger partial charge is 0.354 e. The zero-order valence-electron chi connectivity index (χ0n) is 12.7. The Balaban J connectivity index is 2.61. The number of hydrogen-bond donors (Lipinski definition) is 2. The lowest BCUT2D eigenvalue weighted by molar-refractivity contribution is -0.121. The Labute approximate surface area is 121 Å². The van der Waals surface area contributed by atoms with Gasteiger partial charge in [0.05, 0.1) is 12.8 Å². The van der Waals surface area contributed by atoms with Crippen molar-refractivity contribution in [3.8, 4) is 0 Å². The van der Waals surface area contributed by atoms with Crippen LogP contribution < -0.4 is 10.6 Å². The second kappa shape index (κ2) is 7.68. The predicted octanol–water partition coefficient (Wildman–Crippen LogP) is 1.82. The van der Waals surface area contributed by atoms with Crippen LogP contribution in [0.5, 0.6) is 0 Å². The molecule has 0 aliphatic rings. The van der Waals surface area contributed by atoms with Gasteiger partial charge in [-0.2, -0.15) is 0 Å². The average molecular weight is 276 g/mol. The number of nitrogens with one attached hydrogen (secondary N) is 2. The highest BCUT2D eigenvalue weighted by Gasteiger charge is 2.08. The highest BCUT2D eigenvalue weighted by molar-refractivity contribution is 5.80. The van der Waals surface area contributed by atoms with Gasteiger partial charge >= 0.3 is 0 Å². The van der Waals surface area contributed by atoms with E-state index in [0.717, 1.165) is 11.1 Å². The first-order valence-electron chi connectivity index (χ1n) is 7.03. The van der Waals surface area contributed by atoms with Gasteiger partial charge in [-0.3, -0.25) is 9.59 Å². The molecule has 0 aromatic heterocycles. The highest BCUT2D eigenvalue weighted by atomic mass is 16.2. The van der Waals surface area contributed by atoms with Gasteiger partial charge in [0.25, 0.3) is 0 Å². The normalized spacial score (nSPS) is 10.7. The van der Waals surface area contributed by atoms with E-state index >= 15 is 0 Å². The molecule has 0 bridgehead atoms. The molecule has 0 atom stereocenters. The van der Waals surface area contributed by atoms with Crippen LogP contribution in [-0.4, -0.2) is 23.9 Å². The van der Waals surface area contributed by atoms with Crippen molar-refractivity contribution in [3.05, 3.63) is 35.4 Å². The summed E-state index contributed by atoms with van der Waals surface area (Å²) in [5, 5.41) is 5.72. The molecule has 0 aliphatic heterocycles. The fraction of sp³-hybridized carbons (Fsp3) is 0.500. The summed E-state index contributed by atoms with van der Waals surface area (Å²) in [6.07, 6.45) is 0.690. The minimum absolute atomic E-state index is 0.00350. The van der Waals surface area contributed by atoms with Gasteiger partial charge in [0.2, 0.25) is 11.8 Å². The predicted molar refractivity (Wildman–Crippen MR) is 80.4 cm³/mol. The molecular formula is C16H24N2O2. The number of amides is 2. The molecule has 20 heavy (non-hydrogen) atoms. The van der Waals surface area contributed by atoms with E-state index in [4.69, 9.17) is 0 Å². The van der Waals surface area contributed by atoms with Gasteiger partial charge in [0.1, 0.15) is 0 Å². The first-order chi connectivity index (χ1) is 9.36. The molecule has 0 heterocycles. The molecule has 1 rings (SSSR count). The first-order valence-corrected chi connectivity index (χ1v) is 7.03. The minimum Gasteiger partial charge on any atom is -0.354 e. The molecule has 110 valence electrons. The van der Waals surface area contributed by atoms with Crippen molar-refractivity contribution in [2.24, 2.45) is 0 Å². The Morgan fingerprint density at radius 3 is 1.65 bits per heavy atom. The monoisotopic (exact) mass is 276 g/mol. The summed E-state index contributed by atoms with van der Waals surface area (Å²) in [6.45, 7) is 7.74. The SMILES string of the molecule is CC(C)NC(=O)Cc1cccc(CC(=O)NC(C)C)c1. The minimum atomic E-state index is 0.00350. The molecule has 4 nitrogen and oxygen atoms in total. The van der Waals surface area contributed by atoms with Crippen LogP contribution in [0.2, 0.25) is 0 Å². The summed E-state index contributed by atoms with van der Waals surface area (Å²) < 4.78 is 0. The quantitative estimate of drug-likeness (QED) is 0.832. The van der Waals surface area contributed by atoms with Gasteiger partial charge in [-0.05, 0) is 38.8 Å². The maximum atomic E-state index is 11.7. The Morgan fingerprint density at radius 2 is 1.30 bits per heavy atom. The molecule has 1 aromatic rings. The summed E-state index contributed by atoms with van der Waals surface area (Å²) in [4.78, 5) is 23.4. The molecule has 2 amide bonds. The van der Waals surface area contributed by atoms with Crippen LogP contribution in [0.1, 0.15) is 38.8 Å². The number of carbonyl (C=O) groups is 2. The molecule has 0 unspecified atom stereocenters. The Hall–Kier alpha value is -1.84. The van der Waals surface area contributed by atoms with Crippen molar-refractivity contribution in [2.75, 3.05) is 0 Å².